The number of aromatic nitrogens is 2. The third-order valence-electron chi connectivity index (χ3n) is 3.86. The predicted molar refractivity (Wildman–Crippen MR) is 77.8 cm³/mol. The lowest BCUT2D eigenvalue weighted by Crippen LogP contribution is -2.30. The number of piperidine rings is 1. The first-order chi connectivity index (χ1) is 9.20. The van der Waals surface area contributed by atoms with E-state index < -0.39 is 0 Å². The Kier molecular flexibility index (Phi) is 3.41. The molecule has 2 aromatic rings. The highest BCUT2D eigenvalue weighted by molar-refractivity contribution is 9.10. The molecule has 4 nitrogen and oxygen atoms in total. The van der Waals surface area contributed by atoms with Crippen LogP contribution >= 0.6 is 15.9 Å². The minimum atomic E-state index is 0.427. The Morgan fingerprint density at radius 3 is 2.79 bits per heavy atom. The summed E-state index contributed by atoms with van der Waals surface area (Å²) in [6.07, 6.45) is 3.03. The fourth-order valence-electron chi connectivity index (χ4n) is 2.77. The molecule has 0 amide bonds. The average Bonchev–Trinajstić information content (AvgIpc) is 2.80. The minimum absolute atomic E-state index is 0.427. The van der Waals surface area contributed by atoms with Gasteiger partial charge in [0.1, 0.15) is 11.5 Å². The highest BCUT2D eigenvalue weighted by Gasteiger charge is 2.24. The van der Waals surface area contributed by atoms with Gasteiger partial charge in [-0.15, -0.1) is 0 Å². The Balaban J connectivity index is 2.10. The van der Waals surface area contributed by atoms with Crippen molar-refractivity contribution in [3.63, 3.8) is 0 Å². The van der Waals surface area contributed by atoms with Crippen LogP contribution in [0.3, 0.4) is 0 Å². The molecule has 0 radical (unpaired) electrons. The molecule has 0 spiro atoms. The van der Waals surface area contributed by atoms with E-state index in [1.165, 1.54) is 0 Å². The van der Waals surface area contributed by atoms with Gasteiger partial charge in [0.05, 0.1) is 10.1 Å². The van der Waals surface area contributed by atoms with Gasteiger partial charge < -0.3 is 4.90 Å². The Labute approximate surface area is 120 Å². The number of carbonyl (C=O) groups excluding carboxylic acids is 1. The van der Waals surface area contributed by atoms with Crippen LogP contribution in [0.2, 0.25) is 0 Å². The molecule has 19 heavy (non-hydrogen) atoms. The maximum Gasteiger partial charge on any atom is 0.170 e. The lowest BCUT2D eigenvalue weighted by Gasteiger charge is -2.28. The van der Waals surface area contributed by atoms with Crippen molar-refractivity contribution in [3.05, 3.63) is 34.3 Å². The molecule has 5 heteroatoms. The van der Waals surface area contributed by atoms with Gasteiger partial charge in [-0.05, 0) is 61.0 Å². The van der Waals surface area contributed by atoms with Gasteiger partial charge in [0, 0.05) is 5.92 Å². The van der Waals surface area contributed by atoms with Crippen LogP contribution in [0, 0.1) is 0 Å². The van der Waals surface area contributed by atoms with Crippen molar-refractivity contribution in [2.24, 2.45) is 0 Å². The molecule has 100 valence electrons. The molecule has 0 unspecified atom stereocenters. The molecule has 0 aliphatic carbocycles. The first-order valence-corrected chi connectivity index (χ1v) is 7.30. The number of likely N-dealkylation sites (tertiary alicyclic amines) is 1. The van der Waals surface area contributed by atoms with E-state index in [0.29, 0.717) is 11.6 Å². The van der Waals surface area contributed by atoms with Crippen molar-refractivity contribution in [2.75, 3.05) is 20.1 Å². The minimum Gasteiger partial charge on any atom is -0.306 e. The Morgan fingerprint density at radius 1 is 1.37 bits per heavy atom. The second-order valence-corrected chi connectivity index (χ2v) is 5.93. The number of hydrogen-bond acceptors (Lipinski definition) is 3. The number of pyridine rings is 1. The fraction of sp³-hybridized carbons (Fsp3) is 0.429. The van der Waals surface area contributed by atoms with Crippen LogP contribution < -0.4 is 0 Å². The highest BCUT2D eigenvalue weighted by Crippen LogP contribution is 2.30. The molecule has 1 fully saturated rings. The van der Waals surface area contributed by atoms with Gasteiger partial charge in [-0.25, -0.2) is 4.98 Å². The van der Waals surface area contributed by atoms with E-state index in [0.717, 1.165) is 48.2 Å². The maximum atomic E-state index is 11.2. The summed E-state index contributed by atoms with van der Waals surface area (Å²) in [5.74, 6) is 1.44. The van der Waals surface area contributed by atoms with Crippen LogP contribution in [-0.4, -0.2) is 40.7 Å². The molecule has 0 saturated carbocycles. The van der Waals surface area contributed by atoms with E-state index in [1.54, 1.807) is 0 Å². The van der Waals surface area contributed by atoms with E-state index in [4.69, 9.17) is 0 Å². The molecular formula is C14H16BrN3O. The largest absolute Gasteiger partial charge is 0.306 e. The SMILES string of the molecule is CN1CCC(c2nc(C=O)c3cccc(Br)n23)CC1. The molecule has 2 aromatic heterocycles. The normalized spacial score (nSPS) is 18.0. The van der Waals surface area contributed by atoms with Gasteiger partial charge in [0.15, 0.2) is 6.29 Å². The second-order valence-electron chi connectivity index (χ2n) is 5.12. The first kappa shape index (κ1) is 12.8. The molecule has 0 aromatic carbocycles. The zero-order valence-corrected chi connectivity index (χ0v) is 12.4. The Bertz CT molecular complexity index is 614. The summed E-state index contributed by atoms with van der Waals surface area (Å²) in [6.45, 7) is 2.17. The van der Waals surface area contributed by atoms with Crippen molar-refractivity contribution in [3.8, 4) is 0 Å². The third kappa shape index (κ3) is 2.21. The number of rotatable bonds is 2. The van der Waals surface area contributed by atoms with E-state index in [9.17, 15) is 4.79 Å². The van der Waals surface area contributed by atoms with E-state index >= 15 is 0 Å². The smallest absolute Gasteiger partial charge is 0.170 e. The Hall–Kier alpha value is -1.20. The average molecular weight is 322 g/mol. The Morgan fingerprint density at radius 2 is 2.11 bits per heavy atom. The summed E-state index contributed by atoms with van der Waals surface area (Å²) in [5.41, 5.74) is 1.42. The molecule has 1 aliphatic heterocycles. The molecule has 1 saturated heterocycles. The standard InChI is InChI=1S/C14H16BrN3O/c1-17-7-5-10(6-8-17)14-16-11(9-19)12-3-2-4-13(15)18(12)14/h2-4,9-10H,5-8H2,1H3. The molecule has 1 aliphatic rings. The monoisotopic (exact) mass is 321 g/mol. The van der Waals surface area contributed by atoms with Crippen molar-refractivity contribution in [2.45, 2.75) is 18.8 Å². The van der Waals surface area contributed by atoms with Gasteiger partial charge in [0.2, 0.25) is 0 Å². The zero-order valence-electron chi connectivity index (χ0n) is 10.8. The summed E-state index contributed by atoms with van der Waals surface area (Å²) in [5, 5.41) is 0. The van der Waals surface area contributed by atoms with Gasteiger partial charge >= 0.3 is 0 Å². The predicted octanol–water partition coefficient (Wildman–Crippen LogP) is 2.72. The molecule has 3 rings (SSSR count). The topological polar surface area (TPSA) is 37.6 Å². The van der Waals surface area contributed by atoms with Crippen LogP contribution in [0.1, 0.15) is 35.1 Å². The molecule has 0 atom stereocenters. The number of hydrogen-bond donors (Lipinski definition) is 0. The van der Waals surface area contributed by atoms with Crippen molar-refractivity contribution < 1.29 is 4.79 Å². The van der Waals surface area contributed by atoms with Crippen molar-refractivity contribution in [1.29, 1.82) is 0 Å². The number of aldehydes is 1. The van der Waals surface area contributed by atoms with Gasteiger partial charge in [0.25, 0.3) is 0 Å². The number of nitrogens with zero attached hydrogens (tertiary/aromatic N) is 3. The van der Waals surface area contributed by atoms with E-state index in [2.05, 4.69) is 37.3 Å². The quantitative estimate of drug-likeness (QED) is 0.630. The maximum absolute atomic E-state index is 11.2. The van der Waals surface area contributed by atoms with Crippen LogP contribution in [0.25, 0.3) is 5.52 Å². The van der Waals surface area contributed by atoms with E-state index in [-0.39, 0.29) is 0 Å². The number of carbonyl (C=O) groups is 1. The van der Waals surface area contributed by atoms with E-state index in [1.807, 2.05) is 18.2 Å². The van der Waals surface area contributed by atoms with Gasteiger partial charge in [-0.3, -0.25) is 9.20 Å². The third-order valence-corrected chi connectivity index (χ3v) is 4.48. The van der Waals surface area contributed by atoms with Crippen molar-refractivity contribution >= 4 is 27.7 Å². The van der Waals surface area contributed by atoms with Crippen LogP contribution in [0.4, 0.5) is 0 Å². The van der Waals surface area contributed by atoms with Gasteiger partial charge in [-0.1, -0.05) is 6.07 Å². The number of imidazole rings is 1. The zero-order chi connectivity index (χ0) is 13.4. The summed E-state index contributed by atoms with van der Waals surface area (Å²) >= 11 is 3.57. The molecular weight excluding hydrogens is 306 g/mol. The van der Waals surface area contributed by atoms with Crippen molar-refractivity contribution in [1.82, 2.24) is 14.3 Å². The van der Waals surface area contributed by atoms with Crippen LogP contribution in [0.15, 0.2) is 22.8 Å². The van der Waals surface area contributed by atoms with Crippen LogP contribution in [-0.2, 0) is 0 Å². The molecule has 0 bridgehead atoms. The molecule has 3 heterocycles. The fourth-order valence-corrected chi connectivity index (χ4v) is 3.30. The lowest BCUT2D eigenvalue weighted by atomic mass is 9.96. The summed E-state index contributed by atoms with van der Waals surface area (Å²) in [7, 11) is 2.15. The lowest BCUT2D eigenvalue weighted by molar-refractivity contribution is 0.112. The second kappa shape index (κ2) is 5.06. The summed E-state index contributed by atoms with van der Waals surface area (Å²) in [6, 6.07) is 5.87. The first-order valence-electron chi connectivity index (χ1n) is 6.51. The molecule has 0 N–H and O–H groups in total. The summed E-state index contributed by atoms with van der Waals surface area (Å²) in [4.78, 5) is 18.1. The highest BCUT2D eigenvalue weighted by atomic mass is 79.9. The van der Waals surface area contributed by atoms with Gasteiger partial charge in [-0.2, -0.15) is 0 Å². The number of halogens is 1. The number of fused-ring (bicyclic) bond motifs is 1. The summed E-state index contributed by atoms with van der Waals surface area (Å²) < 4.78 is 3.03. The van der Waals surface area contributed by atoms with Crippen LogP contribution in [0.5, 0.6) is 0 Å².